The van der Waals surface area contributed by atoms with Crippen LogP contribution in [0.1, 0.15) is 6.42 Å². The summed E-state index contributed by atoms with van der Waals surface area (Å²) >= 11 is 0. The third-order valence-electron chi connectivity index (χ3n) is 1.63. The molecule has 76 valence electrons. The summed E-state index contributed by atoms with van der Waals surface area (Å²) in [4.78, 5) is 24.3. The van der Waals surface area contributed by atoms with Gasteiger partial charge in [-0.15, -0.1) is 0 Å². The summed E-state index contributed by atoms with van der Waals surface area (Å²) in [6.07, 6.45) is 0.780. The molecule has 0 spiro atoms. The second kappa shape index (κ2) is 5.53. The van der Waals surface area contributed by atoms with Gasteiger partial charge in [-0.05, 0) is 27.1 Å². The summed E-state index contributed by atoms with van der Waals surface area (Å²) in [5.74, 6) is -2.24. The fourth-order valence-electron chi connectivity index (χ4n) is 0.889. The number of likely N-dealkylation sites (N-methyl/N-ethyl adjacent to an activating group) is 1. The van der Waals surface area contributed by atoms with E-state index >= 15 is 0 Å². The number of carbonyl (C=O) groups is 2. The molecule has 5 heteroatoms. The number of hydrogen-bond donors (Lipinski definition) is 1. The van der Waals surface area contributed by atoms with E-state index in [1.54, 1.807) is 0 Å². The molecule has 0 saturated carbocycles. The Morgan fingerprint density at radius 1 is 1.15 bits per heavy atom. The van der Waals surface area contributed by atoms with Crippen LogP contribution in [0.5, 0.6) is 0 Å². The van der Waals surface area contributed by atoms with Crippen LogP contribution in [0, 0.1) is 0 Å². The smallest absolute Gasteiger partial charge is 0.394 e. The molecule has 13 heavy (non-hydrogen) atoms. The zero-order valence-electron chi connectivity index (χ0n) is 8.28. The van der Waals surface area contributed by atoms with Gasteiger partial charge in [-0.1, -0.05) is 0 Å². The lowest BCUT2D eigenvalue weighted by molar-refractivity contribution is -0.155. The van der Waals surface area contributed by atoms with Crippen LogP contribution in [-0.2, 0) is 9.59 Å². The van der Waals surface area contributed by atoms with Gasteiger partial charge in [0.25, 0.3) is 0 Å². The predicted molar refractivity (Wildman–Crippen MR) is 48.4 cm³/mol. The van der Waals surface area contributed by atoms with Crippen LogP contribution in [0.15, 0.2) is 0 Å². The quantitative estimate of drug-likeness (QED) is 0.603. The highest BCUT2D eigenvalue weighted by Crippen LogP contribution is 1.90. The summed E-state index contributed by atoms with van der Waals surface area (Å²) in [6, 6.07) is 0. The Balaban J connectivity index is 3.68. The Morgan fingerprint density at radius 3 is 2.08 bits per heavy atom. The highest BCUT2D eigenvalue weighted by Gasteiger charge is 2.15. The Labute approximate surface area is 77.9 Å². The van der Waals surface area contributed by atoms with E-state index in [-0.39, 0.29) is 0 Å². The van der Waals surface area contributed by atoms with Crippen LogP contribution in [0.2, 0.25) is 0 Å². The molecule has 1 amide bonds. The van der Waals surface area contributed by atoms with Crippen LogP contribution < -0.4 is 0 Å². The minimum Gasteiger partial charge on any atom is -0.474 e. The van der Waals surface area contributed by atoms with Crippen molar-refractivity contribution in [3.05, 3.63) is 0 Å². The number of carboxylic acid groups (broad SMARTS) is 1. The number of nitrogens with zero attached hydrogens (tertiary/aromatic N) is 2. The molecule has 0 atom stereocenters. The molecule has 0 aromatic heterocycles. The van der Waals surface area contributed by atoms with Crippen LogP contribution in [0.3, 0.4) is 0 Å². The molecule has 0 bridgehead atoms. The van der Waals surface area contributed by atoms with Crippen molar-refractivity contribution in [2.24, 2.45) is 0 Å². The Kier molecular flexibility index (Phi) is 5.06. The average Bonchev–Trinajstić information content (AvgIpc) is 2.02. The number of carboxylic acids is 1. The summed E-state index contributed by atoms with van der Waals surface area (Å²) in [6.45, 7) is 1.32. The first-order chi connectivity index (χ1) is 5.95. The van der Waals surface area contributed by atoms with Crippen LogP contribution >= 0.6 is 0 Å². The van der Waals surface area contributed by atoms with Crippen LogP contribution in [0.25, 0.3) is 0 Å². The normalized spacial score (nSPS) is 10.2. The molecule has 0 saturated heterocycles. The van der Waals surface area contributed by atoms with Gasteiger partial charge in [0.05, 0.1) is 0 Å². The molecule has 0 aliphatic heterocycles. The van der Waals surface area contributed by atoms with Gasteiger partial charge in [-0.25, -0.2) is 4.79 Å². The van der Waals surface area contributed by atoms with Crippen LogP contribution in [0.4, 0.5) is 0 Å². The van der Waals surface area contributed by atoms with E-state index < -0.39 is 11.9 Å². The first-order valence-corrected chi connectivity index (χ1v) is 4.08. The molecule has 0 aromatic carbocycles. The second-order valence-corrected chi connectivity index (χ2v) is 3.19. The molecular formula is C8H16N2O3. The van der Waals surface area contributed by atoms with Crippen molar-refractivity contribution in [2.75, 3.05) is 34.2 Å². The predicted octanol–water partition coefficient (Wildman–Crippen LogP) is -0.519. The summed E-state index contributed by atoms with van der Waals surface area (Å²) < 4.78 is 0. The largest absolute Gasteiger partial charge is 0.474 e. The lowest BCUT2D eigenvalue weighted by Gasteiger charge is -2.16. The maximum absolute atomic E-state index is 10.8. The molecule has 0 fully saturated rings. The van der Waals surface area contributed by atoms with Gasteiger partial charge in [0.2, 0.25) is 0 Å². The molecule has 0 radical (unpaired) electrons. The molecule has 5 nitrogen and oxygen atoms in total. The fourth-order valence-corrected chi connectivity index (χ4v) is 0.889. The third kappa shape index (κ3) is 5.19. The van der Waals surface area contributed by atoms with Crippen molar-refractivity contribution in [2.45, 2.75) is 6.42 Å². The lowest BCUT2D eigenvalue weighted by Crippen LogP contribution is -2.34. The fraction of sp³-hybridized carbons (Fsp3) is 0.750. The van der Waals surface area contributed by atoms with E-state index in [9.17, 15) is 9.59 Å². The number of aliphatic carboxylic acids is 1. The highest BCUT2D eigenvalue weighted by molar-refractivity contribution is 6.31. The average molecular weight is 188 g/mol. The van der Waals surface area contributed by atoms with Crippen molar-refractivity contribution in [3.8, 4) is 0 Å². The van der Waals surface area contributed by atoms with Gasteiger partial charge in [-0.2, -0.15) is 0 Å². The molecular weight excluding hydrogens is 172 g/mol. The van der Waals surface area contributed by atoms with Gasteiger partial charge in [0, 0.05) is 13.6 Å². The summed E-state index contributed by atoms with van der Waals surface area (Å²) in [7, 11) is 5.35. The van der Waals surface area contributed by atoms with Crippen molar-refractivity contribution in [1.29, 1.82) is 0 Å². The number of hydrogen-bond acceptors (Lipinski definition) is 3. The summed E-state index contributed by atoms with van der Waals surface area (Å²) in [5, 5.41) is 8.36. The molecule has 0 aromatic rings. The zero-order valence-corrected chi connectivity index (χ0v) is 8.28. The third-order valence-corrected chi connectivity index (χ3v) is 1.63. The first-order valence-electron chi connectivity index (χ1n) is 4.08. The van der Waals surface area contributed by atoms with E-state index in [1.807, 2.05) is 19.0 Å². The molecule has 1 N–H and O–H groups in total. The minimum atomic E-state index is -1.40. The van der Waals surface area contributed by atoms with E-state index in [2.05, 4.69) is 0 Å². The van der Waals surface area contributed by atoms with Gasteiger partial charge in [-0.3, -0.25) is 4.79 Å². The van der Waals surface area contributed by atoms with Crippen molar-refractivity contribution >= 4 is 11.9 Å². The van der Waals surface area contributed by atoms with Gasteiger partial charge >= 0.3 is 11.9 Å². The molecule has 0 rings (SSSR count). The molecule has 0 unspecified atom stereocenters. The summed E-state index contributed by atoms with van der Waals surface area (Å²) in [5.41, 5.74) is 0. The maximum Gasteiger partial charge on any atom is 0.394 e. The Morgan fingerprint density at radius 2 is 1.69 bits per heavy atom. The van der Waals surface area contributed by atoms with Crippen LogP contribution in [-0.4, -0.2) is 61.0 Å². The van der Waals surface area contributed by atoms with Crippen molar-refractivity contribution < 1.29 is 14.7 Å². The van der Waals surface area contributed by atoms with Crippen molar-refractivity contribution in [3.63, 3.8) is 0 Å². The number of amides is 1. The van der Waals surface area contributed by atoms with E-state index in [0.29, 0.717) is 6.54 Å². The number of rotatable bonds is 4. The standard InChI is InChI=1S/C8H16N2O3/c1-9(2)5-4-6-10(3)7(11)8(12)13/h4-6H2,1-3H3,(H,12,13). The molecule has 0 heterocycles. The minimum absolute atomic E-state index is 0.476. The van der Waals surface area contributed by atoms with E-state index in [0.717, 1.165) is 13.0 Å². The van der Waals surface area contributed by atoms with Gasteiger partial charge in [0.15, 0.2) is 0 Å². The number of carbonyl (C=O) groups excluding carboxylic acids is 1. The maximum atomic E-state index is 10.8. The molecule has 0 aliphatic rings. The lowest BCUT2D eigenvalue weighted by atomic mass is 10.3. The van der Waals surface area contributed by atoms with Gasteiger partial charge < -0.3 is 14.9 Å². The zero-order chi connectivity index (χ0) is 10.4. The van der Waals surface area contributed by atoms with E-state index in [4.69, 9.17) is 5.11 Å². The highest BCUT2D eigenvalue weighted by atomic mass is 16.4. The van der Waals surface area contributed by atoms with Gasteiger partial charge in [0.1, 0.15) is 0 Å². The van der Waals surface area contributed by atoms with Crippen molar-refractivity contribution in [1.82, 2.24) is 9.80 Å². The molecule has 0 aliphatic carbocycles. The monoisotopic (exact) mass is 188 g/mol. The Hall–Kier alpha value is -1.10. The Bertz CT molecular complexity index is 192. The van der Waals surface area contributed by atoms with E-state index in [1.165, 1.54) is 11.9 Å². The topological polar surface area (TPSA) is 60.9 Å². The first kappa shape index (κ1) is 11.9. The SMILES string of the molecule is CN(C)CCCN(C)C(=O)C(=O)O. The second-order valence-electron chi connectivity index (χ2n) is 3.19.